The van der Waals surface area contributed by atoms with Crippen molar-refractivity contribution >= 4 is 10.9 Å². The van der Waals surface area contributed by atoms with Crippen LogP contribution in [0.3, 0.4) is 0 Å². The molecule has 0 atom stereocenters. The minimum atomic E-state index is 0.0450. The highest BCUT2D eigenvalue weighted by Gasteiger charge is 2.29. The fourth-order valence-corrected chi connectivity index (χ4v) is 2.62. The minimum absolute atomic E-state index is 0.0450. The van der Waals surface area contributed by atoms with Gasteiger partial charge in [-0.15, -0.1) is 10.2 Å². The summed E-state index contributed by atoms with van der Waals surface area (Å²) in [6.07, 6.45) is 2.28. The molecule has 1 aliphatic rings. The van der Waals surface area contributed by atoms with Gasteiger partial charge in [0.05, 0.1) is 5.52 Å². The SMILES string of the molecule is Cc1cc(=O)c2ccccc2n1Cc1nnc(C2CC2)o1. The van der Waals surface area contributed by atoms with Crippen LogP contribution >= 0.6 is 0 Å². The van der Waals surface area contributed by atoms with Gasteiger partial charge in [0.1, 0.15) is 6.54 Å². The lowest BCUT2D eigenvalue weighted by molar-refractivity contribution is 0.440. The van der Waals surface area contributed by atoms with Gasteiger partial charge in [-0.1, -0.05) is 12.1 Å². The third-order valence-electron chi connectivity index (χ3n) is 3.93. The molecule has 0 saturated heterocycles. The second-order valence-corrected chi connectivity index (χ2v) is 5.56. The Bertz CT molecular complexity index is 875. The largest absolute Gasteiger partial charge is 0.423 e. The number of hydrogen-bond acceptors (Lipinski definition) is 4. The number of aromatic nitrogens is 3. The van der Waals surface area contributed by atoms with Crippen LogP contribution < -0.4 is 5.43 Å². The average Bonchev–Trinajstić information content (AvgIpc) is 3.23. The Labute approximate surface area is 121 Å². The molecule has 1 fully saturated rings. The van der Waals surface area contributed by atoms with Crippen LogP contribution in [0, 0.1) is 6.92 Å². The maximum atomic E-state index is 12.0. The molecule has 3 aromatic rings. The second-order valence-electron chi connectivity index (χ2n) is 5.56. The Morgan fingerprint density at radius 3 is 2.90 bits per heavy atom. The molecule has 0 unspecified atom stereocenters. The van der Waals surface area contributed by atoms with E-state index in [4.69, 9.17) is 4.42 Å². The van der Waals surface area contributed by atoms with Gasteiger partial charge in [-0.25, -0.2) is 0 Å². The van der Waals surface area contributed by atoms with Gasteiger partial charge < -0.3 is 8.98 Å². The third-order valence-corrected chi connectivity index (χ3v) is 3.93. The molecule has 2 aromatic heterocycles. The zero-order valence-corrected chi connectivity index (χ0v) is 11.7. The maximum absolute atomic E-state index is 12.0. The predicted octanol–water partition coefficient (Wildman–Crippen LogP) is 2.62. The number of nitrogens with zero attached hydrogens (tertiary/aromatic N) is 3. The first-order valence-electron chi connectivity index (χ1n) is 7.14. The summed E-state index contributed by atoms with van der Waals surface area (Å²) < 4.78 is 7.77. The second kappa shape index (κ2) is 4.55. The van der Waals surface area contributed by atoms with Crippen LogP contribution in [0.15, 0.2) is 39.5 Å². The Hall–Kier alpha value is -2.43. The molecule has 0 radical (unpaired) electrons. The summed E-state index contributed by atoms with van der Waals surface area (Å²) >= 11 is 0. The summed E-state index contributed by atoms with van der Waals surface area (Å²) in [6.45, 7) is 2.42. The van der Waals surface area contributed by atoms with Crippen LogP contribution in [-0.2, 0) is 6.54 Å². The van der Waals surface area contributed by atoms with Crippen LogP contribution in [0.4, 0.5) is 0 Å². The van der Waals surface area contributed by atoms with Crippen molar-refractivity contribution in [1.29, 1.82) is 0 Å². The molecule has 106 valence electrons. The molecule has 1 aliphatic carbocycles. The Morgan fingerprint density at radius 2 is 2.10 bits per heavy atom. The maximum Gasteiger partial charge on any atom is 0.236 e. The van der Waals surface area contributed by atoms with E-state index in [-0.39, 0.29) is 5.43 Å². The summed E-state index contributed by atoms with van der Waals surface area (Å²) in [6, 6.07) is 9.25. The Morgan fingerprint density at radius 1 is 1.29 bits per heavy atom. The van der Waals surface area contributed by atoms with Gasteiger partial charge >= 0.3 is 0 Å². The van der Waals surface area contributed by atoms with Crippen molar-refractivity contribution in [2.45, 2.75) is 32.2 Å². The summed E-state index contributed by atoms with van der Waals surface area (Å²) in [5, 5.41) is 8.95. The lowest BCUT2D eigenvalue weighted by Gasteiger charge is -2.12. The van der Waals surface area contributed by atoms with E-state index >= 15 is 0 Å². The van der Waals surface area contributed by atoms with Gasteiger partial charge in [-0.2, -0.15) is 0 Å². The van der Waals surface area contributed by atoms with E-state index in [9.17, 15) is 4.79 Å². The van der Waals surface area contributed by atoms with Crippen LogP contribution in [0.2, 0.25) is 0 Å². The highest BCUT2D eigenvalue weighted by molar-refractivity contribution is 5.79. The van der Waals surface area contributed by atoms with E-state index in [1.165, 1.54) is 0 Å². The van der Waals surface area contributed by atoms with Crippen molar-refractivity contribution in [3.05, 3.63) is 58.0 Å². The van der Waals surface area contributed by atoms with Crippen molar-refractivity contribution in [2.24, 2.45) is 0 Å². The van der Waals surface area contributed by atoms with Gasteiger partial charge in [0.25, 0.3) is 0 Å². The standard InChI is InChI=1S/C16H15N3O2/c1-10-8-14(20)12-4-2-3-5-13(12)19(10)9-15-17-18-16(21-15)11-6-7-11/h2-5,8,11H,6-7,9H2,1H3. The topological polar surface area (TPSA) is 60.9 Å². The van der Waals surface area contributed by atoms with Crippen molar-refractivity contribution in [3.63, 3.8) is 0 Å². The van der Waals surface area contributed by atoms with Crippen molar-refractivity contribution in [1.82, 2.24) is 14.8 Å². The van der Waals surface area contributed by atoms with Crippen LogP contribution in [-0.4, -0.2) is 14.8 Å². The smallest absolute Gasteiger partial charge is 0.236 e. The first-order chi connectivity index (χ1) is 10.2. The Kier molecular flexibility index (Phi) is 2.67. The van der Waals surface area contributed by atoms with E-state index in [1.54, 1.807) is 6.07 Å². The fraction of sp³-hybridized carbons (Fsp3) is 0.312. The van der Waals surface area contributed by atoms with E-state index in [1.807, 2.05) is 35.8 Å². The van der Waals surface area contributed by atoms with E-state index in [0.717, 1.165) is 29.9 Å². The van der Waals surface area contributed by atoms with Crippen LogP contribution in [0.5, 0.6) is 0 Å². The van der Waals surface area contributed by atoms with Crippen LogP contribution in [0.25, 0.3) is 10.9 Å². The third kappa shape index (κ3) is 2.14. The van der Waals surface area contributed by atoms with Crippen molar-refractivity contribution < 1.29 is 4.42 Å². The summed E-state index contributed by atoms with van der Waals surface area (Å²) in [5.41, 5.74) is 1.84. The van der Waals surface area contributed by atoms with Gasteiger partial charge in [-0.05, 0) is 31.9 Å². The number of rotatable bonds is 3. The molecule has 2 heterocycles. The molecule has 0 aliphatic heterocycles. The first kappa shape index (κ1) is 12.3. The van der Waals surface area contributed by atoms with E-state index in [2.05, 4.69) is 10.2 Å². The summed E-state index contributed by atoms with van der Waals surface area (Å²) in [7, 11) is 0. The highest BCUT2D eigenvalue weighted by atomic mass is 16.4. The lowest BCUT2D eigenvalue weighted by atomic mass is 10.2. The average molecular weight is 281 g/mol. The molecule has 0 spiro atoms. The molecule has 0 bridgehead atoms. The molecule has 4 rings (SSSR count). The Balaban J connectivity index is 1.79. The summed E-state index contributed by atoms with van der Waals surface area (Å²) in [4.78, 5) is 12.0. The molecule has 5 nitrogen and oxygen atoms in total. The predicted molar refractivity (Wildman–Crippen MR) is 78.3 cm³/mol. The number of fused-ring (bicyclic) bond motifs is 1. The summed E-state index contributed by atoms with van der Waals surface area (Å²) in [5.74, 6) is 1.79. The highest BCUT2D eigenvalue weighted by Crippen LogP contribution is 2.39. The lowest BCUT2D eigenvalue weighted by Crippen LogP contribution is -2.12. The quantitative estimate of drug-likeness (QED) is 0.740. The van der Waals surface area contributed by atoms with Crippen molar-refractivity contribution in [2.75, 3.05) is 0 Å². The molecule has 1 saturated carbocycles. The normalized spacial score (nSPS) is 14.7. The van der Waals surface area contributed by atoms with Gasteiger partial charge in [0, 0.05) is 23.1 Å². The number of pyridine rings is 1. The number of para-hydroxylation sites is 1. The van der Waals surface area contributed by atoms with Gasteiger partial charge in [0.2, 0.25) is 11.8 Å². The molecule has 1 aromatic carbocycles. The van der Waals surface area contributed by atoms with Crippen LogP contribution in [0.1, 0.15) is 36.2 Å². The number of aryl methyl sites for hydroxylation is 1. The van der Waals surface area contributed by atoms with Crippen molar-refractivity contribution in [3.8, 4) is 0 Å². The van der Waals surface area contributed by atoms with Gasteiger partial charge in [0.15, 0.2) is 5.43 Å². The zero-order chi connectivity index (χ0) is 14.4. The van der Waals surface area contributed by atoms with Gasteiger partial charge in [-0.3, -0.25) is 4.79 Å². The number of hydrogen-bond donors (Lipinski definition) is 0. The molecule has 0 N–H and O–H groups in total. The zero-order valence-electron chi connectivity index (χ0n) is 11.7. The monoisotopic (exact) mass is 281 g/mol. The molecule has 5 heteroatoms. The number of benzene rings is 1. The molecule has 21 heavy (non-hydrogen) atoms. The van der Waals surface area contributed by atoms with E-state index < -0.39 is 0 Å². The minimum Gasteiger partial charge on any atom is -0.423 e. The molecular weight excluding hydrogens is 266 g/mol. The molecule has 0 amide bonds. The molecular formula is C16H15N3O2. The first-order valence-corrected chi connectivity index (χ1v) is 7.14. The van der Waals surface area contributed by atoms with E-state index in [0.29, 0.717) is 23.7 Å². The fourth-order valence-electron chi connectivity index (χ4n) is 2.62.